The Bertz CT molecular complexity index is 2550. The van der Waals surface area contributed by atoms with Crippen LogP contribution in [0.1, 0.15) is 192 Å². The molecule has 0 saturated carbocycles. The molecule has 0 N–H and O–H groups in total. The van der Waals surface area contributed by atoms with Crippen LogP contribution in [0.2, 0.25) is 0 Å². The van der Waals surface area contributed by atoms with Crippen molar-refractivity contribution in [3.8, 4) is 17.2 Å². The Morgan fingerprint density at radius 3 is 0.943 bits per heavy atom. The first-order valence-electron chi connectivity index (χ1n) is 28.1. The second-order valence-electron chi connectivity index (χ2n) is 20.9. The van der Waals surface area contributed by atoms with Crippen molar-refractivity contribution in [3.63, 3.8) is 0 Å². The molecule has 4 nitrogen and oxygen atoms in total. The van der Waals surface area contributed by atoms with E-state index < -0.39 is 142 Å². The van der Waals surface area contributed by atoms with Gasteiger partial charge in [0.05, 0.1) is 58.6 Å². The number of halogens is 24. The van der Waals surface area contributed by atoms with Crippen molar-refractivity contribution in [2.24, 2.45) is 0 Å². The fourth-order valence-electron chi connectivity index (χ4n) is 9.60. The van der Waals surface area contributed by atoms with E-state index in [0.717, 1.165) is 83.1 Å². The first-order chi connectivity index (χ1) is 40.5. The predicted molar refractivity (Wildman–Crippen MR) is 280 cm³/mol. The van der Waals surface area contributed by atoms with Gasteiger partial charge in [-0.05, 0) is 93.1 Å². The summed E-state index contributed by atoms with van der Waals surface area (Å²) in [7, 11) is -3.31. The second-order valence-corrected chi connectivity index (χ2v) is 20.9. The number of hydrogen-bond acceptors (Lipinski definition) is 3. The molecule has 1 unspecified atom stereocenters. The number of quaternary nitrogens is 1. The highest BCUT2D eigenvalue weighted by Crippen LogP contribution is 2.49. The molecule has 0 aliphatic carbocycles. The fourth-order valence-corrected chi connectivity index (χ4v) is 9.60. The van der Waals surface area contributed by atoms with Crippen molar-refractivity contribution in [1.29, 1.82) is 0 Å². The average Bonchev–Trinajstić information content (AvgIpc) is 2.77. The van der Waals surface area contributed by atoms with Crippen molar-refractivity contribution in [1.82, 2.24) is 0 Å². The standard InChI is InChI=1S/C51H63BF18NO3.C8H3F6/c1-5-9-12-15-18-21-24-71(25-22-19-16-13-10-6-2,26-23-20-17-14-11-7-3)43(8-4)45-42(51(68,69)70)33-39(50(65,66)67)34-44(45)74-52(72-40-29-35(46(53,54)55)27-36(30-40)47(56,57)58)73-41-31-37(48(59,60)61)28-38(32-41)49(62,63)64;9-7(10,11)5-2-1-3-6(4-5)8(12,13)14/h8,27-34,43H,4-7,9-26H2,1-3H3;2-4H/q+1;-1. The van der Waals surface area contributed by atoms with Crippen LogP contribution in [0.25, 0.3) is 0 Å². The Balaban J connectivity index is 0.00000126. The van der Waals surface area contributed by atoms with Crippen molar-refractivity contribution in [3.05, 3.63) is 136 Å². The lowest BCUT2D eigenvalue weighted by molar-refractivity contribution is -0.951. The maximum atomic E-state index is 15.7. The molecule has 0 amide bonds. The summed E-state index contributed by atoms with van der Waals surface area (Å²) < 4.78 is 348. The molecule has 0 spiro atoms. The van der Waals surface area contributed by atoms with Gasteiger partial charge in [0.25, 0.3) is 0 Å². The number of unbranched alkanes of at least 4 members (excludes halogenated alkanes) is 15. The maximum Gasteiger partial charge on any atom is 0.864 e. The molecule has 0 aromatic heterocycles. The average molecular weight is 1300 g/mol. The molecule has 4 rings (SSSR count). The van der Waals surface area contributed by atoms with E-state index in [4.69, 9.17) is 14.0 Å². The summed E-state index contributed by atoms with van der Waals surface area (Å²) in [5.74, 6) is -4.64. The van der Waals surface area contributed by atoms with Crippen LogP contribution in [0.4, 0.5) is 105 Å². The van der Waals surface area contributed by atoms with Gasteiger partial charge in [0, 0.05) is 0 Å². The van der Waals surface area contributed by atoms with Gasteiger partial charge in [-0.25, -0.2) is 0 Å². The highest BCUT2D eigenvalue weighted by atomic mass is 19.4. The molecule has 496 valence electrons. The molecule has 0 aliphatic heterocycles. The van der Waals surface area contributed by atoms with Crippen LogP contribution in [-0.4, -0.2) is 31.4 Å². The van der Waals surface area contributed by atoms with Gasteiger partial charge >= 0.3 is 56.7 Å². The molecule has 88 heavy (non-hydrogen) atoms. The van der Waals surface area contributed by atoms with Gasteiger partial charge in [0.15, 0.2) is 0 Å². The van der Waals surface area contributed by atoms with E-state index >= 15 is 13.2 Å². The molecular formula is C59H66BF24NO3. The molecule has 0 aliphatic rings. The Morgan fingerprint density at radius 2 is 0.659 bits per heavy atom. The molecule has 0 saturated heterocycles. The van der Waals surface area contributed by atoms with E-state index in [1.807, 2.05) is 20.8 Å². The first-order valence-corrected chi connectivity index (χ1v) is 28.1. The zero-order valence-electron chi connectivity index (χ0n) is 47.9. The van der Waals surface area contributed by atoms with Gasteiger partial charge in [-0.2, -0.15) is 124 Å². The molecule has 0 heterocycles. The summed E-state index contributed by atoms with van der Waals surface area (Å²) in [6.07, 6.45) is -29.4. The van der Waals surface area contributed by atoms with Crippen LogP contribution in [0.15, 0.2) is 79.4 Å². The Hall–Kier alpha value is -5.64. The number of benzene rings is 4. The van der Waals surface area contributed by atoms with Crippen LogP contribution in [0.5, 0.6) is 17.2 Å². The van der Waals surface area contributed by atoms with Crippen LogP contribution >= 0.6 is 0 Å². The third-order valence-electron chi connectivity index (χ3n) is 14.0. The maximum absolute atomic E-state index is 15.7. The number of hydrogen-bond donors (Lipinski definition) is 0. The number of rotatable bonds is 30. The van der Waals surface area contributed by atoms with Gasteiger partial charge in [0.2, 0.25) is 0 Å². The summed E-state index contributed by atoms with van der Waals surface area (Å²) >= 11 is 0. The van der Waals surface area contributed by atoms with E-state index in [1.165, 1.54) is 0 Å². The number of nitrogens with zero attached hydrogens (tertiary/aromatic N) is 1. The first kappa shape index (κ1) is 76.6. The predicted octanol–water partition coefficient (Wildman–Crippen LogP) is 23.0. The van der Waals surface area contributed by atoms with E-state index in [-0.39, 0.29) is 66.6 Å². The van der Waals surface area contributed by atoms with E-state index in [9.17, 15) is 92.2 Å². The SMILES string of the molecule is C=CC(c1c(OB(Oc2cc(C(F)(F)F)cc(C(F)(F)F)c2)Oc2cc(C(F)(F)F)cc(C(F)(F)F)c2)cc(C(F)(F)F)cc1C(F)(F)F)[N+](CCCCCCCC)(CCCCCCCC)CCCCCCCC.FC(F)(F)c1c[c-]cc(C(F)(F)F)c1. The normalized spacial score (nSPS) is 13.4. The smallest absolute Gasteiger partial charge is 0.490 e. The molecule has 4 aromatic rings. The summed E-state index contributed by atoms with van der Waals surface area (Å²) in [5.41, 5.74) is -16.2. The van der Waals surface area contributed by atoms with Gasteiger partial charge < -0.3 is 18.4 Å². The lowest BCUT2D eigenvalue weighted by Crippen LogP contribution is -2.52. The van der Waals surface area contributed by atoms with Crippen LogP contribution in [-0.2, 0) is 49.4 Å². The second kappa shape index (κ2) is 32.4. The van der Waals surface area contributed by atoms with Gasteiger partial charge in [0.1, 0.15) is 23.3 Å². The summed E-state index contributed by atoms with van der Waals surface area (Å²) in [5, 5.41) is 0. The topological polar surface area (TPSA) is 27.7 Å². The van der Waals surface area contributed by atoms with E-state index in [2.05, 4.69) is 6.58 Å². The molecule has 0 radical (unpaired) electrons. The van der Waals surface area contributed by atoms with Gasteiger partial charge in [-0.3, -0.25) is 0 Å². The molecule has 29 heteroatoms. The quantitative estimate of drug-likeness (QED) is 0.0130. The zero-order valence-corrected chi connectivity index (χ0v) is 47.9. The lowest BCUT2D eigenvalue weighted by Gasteiger charge is -2.46. The minimum absolute atomic E-state index is 0.0102. The third kappa shape index (κ3) is 24.6. The molecule has 4 aromatic carbocycles. The number of alkyl halides is 24. The van der Waals surface area contributed by atoms with E-state index in [1.54, 1.807) is 6.07 Å². The van der Waals surface area contributed by atoms with Crippen LogP contribution < -0.4 is 14.0 Å². The molecular weight excluding hydrogens is 1240 g/mol. The lowest BCUT2D eigenvalue weighted by atomic mass is 9.91. The van der Waals surface area contributed by atoms with Gasteiger partial charge in [-0.15, -0.1) is 6.07 Å². The highest BCUT2D eigenvalue weighted by molar-refractivity contribution is 6.39. The Kier molecular flexibility index (Phi) is 28.2. The van der Waals surface area contributed by atoms with Crippen molar-refractivity contribution >= 4 is 7.32 Å². The van der Waals surface area contributed by atoms with Crippen molar-refractivity contribution in [2.45, 2.75) is 192 Å². The minimum atomic E-state index is -5.70. The Labute approximate surface area is 494 Å². The highest BCUT2D eigenvalue weighted by Gasteiger charge is 2.49. The molecule has 0 bridgehead atoms. The summed E-state index contributed by atoms with van der Waals surface area (Å²) in [6, 6.07) is -0.421. The molecule has 0 fully saturated rings. The largest absolute Gasteiger partial charge is 0.864 e. The Morgan fingerprint density at radius 1 is 0.375 bits per heavy atom. The fraction of sp³-hybridized carbons (Fsp3) is 0.559. The summed E-state index contributed by atoms with van der Waals surface area (Å²) in [6.45, 7) is 10.2. The summed E-state index contributed by atoms with van der Waals surface area (Å²) in [4.78, 5) is 0. The van der Waals surface area contributed by atoms with E-state index in [0.29, 0.717) is 50.7 Å². The van der Waals surface area contributed by atoms with Gasteiger partial charge in [-0.1, -0.05) is 116 Å². The minimum Gasteiger partial charge on any atom is -0.490 e. The van der Waals surface area contributed by atoms with Crippen molar-refractivity contribution < 1.29 is 124 Å². The molecule has 1 atom stereocenters. The van der Waals surface area contributed by atoms with Crippen LogP contribution in [0, 0.1) is 6.07 Å². The van der Waals surface area contributed by atoms with Crippen LogP contribution in [0.3, 0.4) is 0 Å². The third-order valence-corrected chi connectivity index (χ3v) is 14.0. The van der Waals surface area contributed by atoms with Crippen molar-refractivity contribution in [2.75, 3.05) is 19.6 Å². The zero-order chi connectivity index (χ0) is 66.7. The monoisotopic (exact) mass is 1300 g/mol.